The fourth-order valence-electron chi connectivity index (χ4n) is 2.22. The van der Waals surface area contributed by atoms with Crippen molar-refractivity contribution in [2.75, 3.05) is 0 Å². The molecule has 0 radical (unpaired) electrons. The maximum atomic E-state index is 12.3. The first-order valence-electron chi connectivity index (χ1n) is 7.18. The number of benzene rings is 2. The quantitative estimate of drug-likeness (QED) is 0.764. The Morgan fingerprint density at radius 2 is 1.83 bits per heavy atom. The summed E-state index contributed by atoms with van der Waals surface area (Å²) in [5.74, 6) is -0.250. The molecule has 3 aromatic rings. The van der Waals surface area contributed by atoms with E-state index in [9.17, 15) is 4.79 Å². The van der Waals surface area contributed by atoms with Crippen molar-refractivity contribution >= 4 is 21.8 Å². The third-order valence-corrected chi connectivity index (χ3v) is 4.14. The summed E-state index contributed by atoms with van der Waals surface area (Å²) in [4.78, 5) is 12.3. The molecule has 0 aliphatic heterocycles. The van der Waals surface area contributed by atoms with Gasteiger partial charge in [0.2, 0.25) is 0 Å². The number of rotatable bonds is 4. The van der Waals surface area contributed by atoms with Crippen LogP contribution in [0.3, 0.4) is 0 Å². The van der Waals surface area contributed by atoms with Gasteiger partial charge in [0.05, 0.1) is 17.9 Å². The van der Waals surface area contributed by atoms with E-state index in [4.69, 9.17) is 0 Å². The number of hydrogen-bond donors (Lipinski definition) is 1. The fourth-order valence-corrected chi connectivity index (χ4v) is 2.69. The lowest BCUT2D eigenvalue weighted by atomic mass is 10.1. The predicted octanol–water partition coefficient (Wildman–Crippen LogP) is 3.52. The third-order valence-electron chi connectivity index (χ3n) is 3.47. The summed E-state index contributed by atoms with van der Waals surface area (Å²) < 4.78 is 2.46. The van der Waals surface area contributed by atoms with Gasteiger partial charge in [-0.1, -0.05) is 47.7 Å². The molecule has 1 aromatic heterocycles. The molecule has 23 heavy (non-hydrogen) atoms. The van der Waals surface area contributed by atoms with E-state index in [1.54, 1.807) is 10.9 Å². The zero-order chi connectivity index (χ0) is 16.2. The van der Waals surface area contributed by atoms with Gasteiger partial charge in [-0.3, -0.25) is 4.79 Å². The second kappa shape index (κ2) is 6.75. The van der Waals surface area contributed by atoms with Gasteiger partial charge in [-0.05, 0) is 40.5 Å². The molecular weight excluding hydrogens is 356 g/mol. The average molecular weight is 371 g/mol. The van der Waals surface area contributed by atoms with Crippen LogP contribution in [-0.4, -0.2) is 20.9 Å². The molecule has 1 unspecified atom stereocenters. The van der Waals surface area contributed by atoms with Crippen LogP contribution >= 0.6 is 15.9 Å². The van der Waals surface area contributed by atoms with Crippen molar-refractivity contribution < 1.29 is 4.79 Å². The van der Waals surface area contributed by atoms with E-state index >= 15 is 0 Å². The lowest BCUT2D eigenvalue weighted by molar-refractivity contribution is 0.0935. The Morgan fingerprint density at radius 1 is 1.13 bits per heavy atom. The van der Waals surface area contributed by atoms with Crippen LogP contribution in [0.1, 0.15) is 29.0 Å². The Kier molecular flexibility index (Phi) is 4.52. The first-order valence-corrected chi connectivity index (χ1v) is 7.97. The minimum Gasteiger partial charge on any atom is -0.344 e. The standard InChI is InChI=1S/C17H15BrN4O/c1-12(13-7-3-2-4-8-13)19-17(23)15-11-22(21-20-15)16-10-6-5-9-14(16)18/h2-12H,1H3,(H,19,23). The van der Waals surface area contributed by atoms with Gasteiger partial charge < -0.3 is 5.32 Å². The van der Waals surface area contributed by atoms with Crippen LogP contribution in [0.25, 0.3) is 5.69 Å². The number of amides is 1. The van der Waals surface area contributed by atoms with E-state index in [-0.39, 0.29) is 17.6 Å². The van der Waals surface area contributed by atoms with Crippen molar-refractivity contribution in [3.63, 3.8) is 0 Å². The molecule has 0 fully saturated rings. The summed E-state index contributed by atoms with van der Waals surface area (Å²) in [5, 5.41) is 10.9. The van der Waals surface area contributed by atoms with Crippen LogP contribution < -0.4 is 5.32 Å². The maximum Gasteiger partial charge on any atom is 0.273 e. The number of para-hydroxylation sites is 1. The fraction of sp³-hybridized carbons (Fsp3) is 0.118. The minimum absolute atomic E-state index is 0.0997. The van der Waals surface area contributed by atoms with E-state index in [1.165, 1.54) is 0 Å². The normalized spacial score (nSPS) is 11.9. The molecule has 5 nitrogen and oxygen atoms in total. The molecule has 0 bridgehead atoms. The topological polar surface area (TPSA) is 59.8 Å². The molecule has 0 aliphatic carbocycles. The average Bonchev–Trinajstić information content (AvgIpc) is 3.06. The lowest BCUT2D eigenvalue weighted by Gasteiger charge is -2.12. The summed E-state index contributed by atoms with van der Waals surface area (Å²) in [6, 6.07) is 17.3. The number of hydrogen-bond acceptors (Lipinski definition) is 3. The lowest BCUT2D eigenvalue weighted by Crippen LogP contribution is -2.26. The van der Waals surface area contributed by atoms with Crippen molar-refractivity contribution in [1.29, 1.82) is 0 Å². The van der Waals surface area contributed by atoms with Crippen LogP contribution in [-0.2, 0) is 0 Å². The summed E-state index contributed by atoms with van der Waals surface area (Å²) in [6.07, 6.45) is 1.62. The van der Waals surface area contributed by atoms with Gasteiger partial charge in [-0.25, -0.2) is 4.68 Å². The maximum absolute atomic E-state index is 12.3. The van der Waals surface area contributed by atoms with Crippen LogP contribution in [0.4, 0.5) is 0 Å². The molecule has 0 aliphatic rings. The van der Waals surface area contributed by atoms with Crippen molar-refractivity contribution in [2.24, 2.45) is 0 Å². The highest BCUT2D eigenvalue weighted by atomic mass is 79.9. The van der Waals surface area contributed by atoms with Crippen molar-refractivity contribution in [3.05, 3.63) is 76.5 Å². The van der Waals surface area contributed by atoms with Crippen molar-refractivity contribution in [3.8, 4) is 5.69 Å². The van der Waals surface area contributed by atoms with Gasteiger partial charge in [0, 0.05) is 4.47 Å². The third kappa shape index (κ3) is 3.48. The number of halogens is 1. The molecule has 1 heterocycles. The van der Waals surface area contributed by atoms with Crippen LogP contribution in [0.15, 0.2) is 65.3 Å². The van der Waals surface area contributed by atoms with Gasteiger partial charge in [0.15, 0.2) is 5.69 Å². The van der Waals surface area contributed by atoms with Gasteiger partial charge >= 0.3 is 0 Å². The monoisotopic (exact) mass is 370 g/mol. The smallest absolute Gasteiger partial charge is 0.273 e. The molecule has 3 rings (SSSR count). The Labute approximate surface area is 142 Å². The van der Waals surface area contributed by atoms with E-state index in [1.807, 2.05) is 61.5 Å². The van der Waals surface area contributed by atoms with Crippen LogP contribution in [0, 0.1) is 0 Å². The molecular formula is C17H15BrN4O. The van der Waals surface area contributed by atoms with Gasteiger partial charge in [-0.2, -0.15) is 0 Å². The predicted molar refractivity (Wildman–Crippen MR) is 91.4 cm³/mol. The van der Waals surface area contributed by atoms with E-state index < -0.39 is 0 Å². The number of carbonyl (C=O) groups is 1. The first-order chi connectivity index (χ1) is 11.1. The number of nitrogens with one attached hydrogen (secondary N) is 1. The second-order valence-electron chi connectivity index (χ2n) is 5.11. The molecule has 1 atom stereocenters. The Hall–Kier alpha value is -2.47. The Balaban J connectivity index is 1.75. The SMILES string of the molecule is CC(NC(=O)c1cn(-c2ccccc2Br)nn1)c1ccccc1. The minimum atomic E-state index is -0.250. The van der Waals surface area contributed by atoms with E-state index in [0.717, 1.165) is 15.7 Å². The molecule has 6 heteroatoms. The van der Waals surface area contributed by atoms with Gasteiger partial charge in [0.1, 0.15) is 0 Å². The van der Waals surface area contributed by atoms with E-state index in [0.29, 0.717) is 0 Å². The zero-order valence-corrected chi connectivity index (χ0v) is 14.1. The Morgan fingerprint density at radius 3 is 2.57 bits per heavy atom. The summed E-state index contributed by atoms with van der Waals surface area (Å²) in [5.41, 5.74) is 2.15. The molecule has 116 valence electrons. The molecule has 0 spiro atoms. The van der Waals surface area contributed by atoms with Crippen LogP contribution in [0.5, 0.6) is 0 Å². The molecule has 0 saturated heterocycles. The molecule has 0 saturated carbocycles. The zero-order valence-electron chi connectivity index (χ0n) is 12.5. The first kappa shape index (κ1) is 15.4. The number of carbonyl (C=O) groups excluding carboxylic acids is 1. The Bertz CT molecular complexity index is 816. The highest BCUT2D eigenvalue weighted by Crippen LogP contribution is 2.19. The number of aromatic nitrogens is 3. The summed E-state index contributed by atoms with van der Waals surface area (Å²) in [6.45, 7) is 1.94. The largest absolute Gasteiger partial charge is 0.344 e. The van der Waals surface area contributed by atoms with E-state index in [2.05, 4.69) is 31.6 Å². The second-order valence-corrected chi connectivity index (χ2v) is 5.96. The van der Waals surface area contributed by atoms with Crippen molar-refractivity contribution in [2.45, 2.75) is 13.0 Å². The molecule has 1 amide bonds. The summed E-state index contributed by atoms with van der Waals surface area (Å²) >= 11 is 3.46. The van der Waals surface area contributed by atoms with Crippen molar-refractivity contribution in [1.82, 2.24) is 20.3 Å². The molecule has 2 aromatic carbocycles. The van der Waals surface area contributed by atoms with Crippen LogP contribution in [0.2, 0.25) is 0 Å². The summed E-state index contributed by atoms with van der Waals surface area (Å²) in [7, 11) is 0. The molecule has 1 N–H and O–H groups in total. The highest BCUT2D eigenvalue weighted by molar-refractivity contribution is 9.10. The highest BCUT2D eigenvalue weighted by Gasteiger charge is 2.15. The number of nitrogens with zero attached hydrogens (tertiary/aromatic N) is 3. The van der Waals surface area contributed by atoms with Gasteiger partial charge in [-0.15, -0.1) is 5.10 Å². The van der Waals surface area contributed by atoms with Gasteiger partial charge in [0.25, 0.3) is 5.91 Å².